The van der Waals surface area contributed by atoms with Crippen LogP contribution in [-0.2, 0) is 11.2 Å². The third kappa shape index (κ3) is 3.85. The van der Waals surface area contributed by atoms with E-state index in [4.69, 9.17) is 4.74 Å². The van der Waals surface area contributed by atoms with E-state index in [2.05, 4.69) is 9.97 Å². The van der Waals surface area contributed by atoms with Crippen LogP contribution in [0.4, 0.5) is 10.5 Å². The Bertz CT molecular complexity index is 1080. The van der Waals surface area contributed by atoms with Crippen molar-refractivity contribution in [2.24, 2.45) is 0 Å². The highest BCUT2D eigenvalue weighted by atomic mass is 16.6. The molecule has 2 heterocycles. The number of non-ortho nitro benzene ring substituents is 1. The summed E-state index contributed by atoms with van der Waals surface area (Å²) in [5, 5.41) is 12.0. The minimum absolute atomic E-state index is 0.0620. The highest BCUT2D eigenvalue weighted by Gasteiger charge is 2.25. The van der Waals surface area contributed by atoms with Gasteiger partial charge in [-0.15, -0.1) is 0 Å². The van der Waals surface area contributed by atoms with Crippen LogP contribution in [0.25, 0.3) is 10.9 Å². The molecule has 0 spiro atoms. The van der Waals surface area contributed by atoms with Gasteiger partial charge in [0.15, 0.2) is 0 Å². The summed E-state index contributed by atoms with van der Waals surface area (Å²) in [7, 11) is 0. The highest BCUT2D eigenvalue weighted by Crippen LogP contribution is 2.32. The molecule has 8 nitrogen and oxygen atoms in total. The predicted molar refractivity (Wildman–Crippen MR) is 105 cm³/mol. The van der Waals surface area contributed by atoms with Crippen LogP contribution in [0, 0.1) is 24.0 Å². The Hall–Kier alpha value is -3.29. The van der Waals surface area contributed by atoms with E-state index in [1.165, 1.54) is 10.6 Å². The fraction of sp³-hybridized carbons (Fsp3) is 0.350. The standard InChI is InChI=1S/C20H22N4O4/c1-12-10-21-13(2)15(22-12)9-14-11-23(19(25)28-20(3,4)5)16-7-6-8-17(18(14)16)24(26)27/h6-8,10-11H,9H2,1-5H3. The van der Waals surface area contributed by atoms with Crippen LogP contribution in [-0.4, -0.2) is 31.2 Å². The van der Waals surface area contributed by atoms with E-state index < -0.39 is 16.6 Å². The molecule has 0 saturated carbocycles. The summed E-state index contributed by atoms with van der Waals surface area (Å²) in [6.45, 7) is 8.98. The third-order valence-corrected chi connectivity index (χ3v) is 4.20. The molecule has 146 valence electrons. The second-order valence-corrected chi connectivity index (χ2v) is 7.65. The number of aryl methyl sites for hydroxylation is 2. The van der Waals surface area contributed by atoms with Crippen LogP contribution in [0.15, 0.2) is 30.6 Å². The average Bonchev–Trinajstić information content (AvgIpc) is 2.95. The fourth-order valence-corrected chi connectivity index (χ4v) is 3.03. The molecule has 0 aliphatic carbocycles. The largest absolute Gasteiger partial charge is 0.443 e. The van der Waals surface area contributed by atoms with E-state index in [-0.39, 0.29) is 5.69 Å². The molecule has 0 aliphatic rings. The number of hydrogen-bond acceptors (Lipinski definition) is 6. The van der Waals surface area contributed by atoms with Crippen LogP contribution in [0.5, 0.6) is 0 Å². The molecule has 0 unspecified atom stereocenters. The lowest BCUT2D eigenvalue weighted by Crippen LogP contribution is -2.26. The van der Waals surface area contributed by atoms with E-state index in [0.717, 1.165) is 11.4 Å². The van der Waals surface area contributed by atoms with Crippen molar-refractivity contribution >= 4 is 22.7 Å². The molecule has 8 heteroatoms. The van der Waals surface area contributed by atoms with Gasteiger partial charge in [0.05, 0.1) is 32.9 Å². The summed E-state index contributed by atoms with van der Waals surface area (Å²) in [6, 6.07) is 4.66. The van der Waals surface area contributed by atoms with Gasteiger partial charge in [-0.25, -0.2) is 4.79 Å². The molecule has 0 N–H and O–H groups in total. The Morgan fingerprint density at radius 2 is 2.00 bits per heavy atom. The molecule has 0 radical (unpaired) electrons. The van der Waals surface area contributed by atoms with Crippen molar-refractivity contribution in [2.75, 3.05) is 0 Å². The van der Waals surface area contributed by atoms with Crippen molar-refractivity contribution in [1.29, 1.82) is 0 Å². The molecular formula is C20H22N4O4. The monoisotopic (exact) mass is 382 g/mol. The maximum atomic E-state index is 12.7. The van der Waals surface area contributed by atoms with Gasteiger partial charge in [-0.05, 0) is 46.2 Å². The van der Waals surface area contributed by atoms with Gasteiger partial charge < -0.3 is 4.74 Å². The number of aromatic nitrogens is 3. The molecule has 0 atom stereocenters. The minimum Gasteiger partial charge on any atom is -0.443 e. The van der Waals surface area contributed by atoms with Crippen LogP contribution >= 0.6 is 0 Å². The number of hydrogen-bond donors (Lipinski definition) is 0. The SMILES string of the molecule is Cc1cnc(C)c(Cc2cn(C(=O)OC(C)(C)C)c3cccc([N+](=O)[O-])c23)n1. The van der Waals surface area contributed by atoms with Gasteiger partial charge in [-0.2, -0.15) is 0 Å². The summed E-state index contributed by atoms with van der Waals surface area (Å²) in [5.41, 5.74) is 2.50. The summed E-state index contributed by atoms with van der Waals surface area (Å²) in [6.07, 6.45) is 2.99. The molecule has 28 heavy (non-hydrogen) atoms. The maximum absolute atomic E-state index is 12.7. The van der Waals surface area contributed by atoms with E-state index in [1.54, 1.807) is 45.3 Å². The molecule has 0 fully saturated rings. The van der Waals surface area contributed by atoms with Crippen molar-refractivity contribution in [3.63, 3.8) is 0 Å². The second kappa shape index (κ2) is 7.03. The summed E-state index contributed by atoms with van der Waals surface area (Å²) >= 11 is 0. The number of ether oxygens (including phenoxy) is 1. The number of nitro benzene ring substituents is 1. The lowest BCUT2D eigenvalue weighted by molar-refractivity contribution is -0.383. The minimum atomic E-state index is -0.687. The Kier molecular flexibility index (Phi) is 4.89. The lowest BCUT2D eigenvalue weighted by Gasteiger charge is -2.19. The topological polar surface area (TPSA) is 100 Å². The van der Waals surface area contributed by atoms with Crippen molar-refractivity contribution in [3.05, 3.63) is 63.4 Å². The molecule has 1 aromatic carbocycles. The van der Waals surface area contributed by atoms with Crippen molar-refractivity contribution in [2.45, 2.75) is 46.6 Å². The van der Waals surface area contributed by atoms with Gasteiger partial charge in [-0.1, -0.05) is 6.07 Å². The molecule has 3 aromatic rings. The third-order valence-electron chi connectivity index (χ3n) is 4.20. The van der Waals surface area contributed by atoms with Gasteiger partial charge >= 0.3 is 6.09 Å². The first-order chi connectivity index (χ1) is 13.1. The quantitative estimate of drug-likeness (QED) is 0.494. The van der Waals surface area contributed by atoms with Crippen molar-refractivity contribution in [3.8, 4) is 0 Å². The fourth-order valence-electron chi connectivity index (χ4n) is 3.03. The van der Waals surface area contributed by atoms with E-state index in [0.29, 0.717) is 28.6 Å². The molecular weight excluding hydrogens is 360 g/mol. The zero-order valence-electron chi connectivity index (χ0n) is 16.5. The van der Waals surface area contributed by atoms with Gasteiger partial charge in [0, 0.05) is 24.9 Å². The number of nitrogens with zero attached hydrogens (tertiary/aromatic N) is 4. The number of carbonyl (C=O) groups is 1. The number of nitro groups is 1. The molecule has 0 amide bonds. The number of carbonyl (C=O) groups excluding carboxylic acids is 1. The highest BCUT2D eigenvalue weighted by molar-refractivity contribution is 5.97. The molecule has 2 aromatic heterocycles. The Morgan fingerprint density at radius 3 is 2.64 bits per heavy atom. The van der Waals surface area contributed by atoms with Gasteiger partial charge in [0.25, 0.3) is 5.69 Å². The van der Waals surface area contributed by atoms with Gasteiger partial charge in [0.2, 0.25) is 0 Å². The molecule has 0 aliphatic heterocycles. The summed E-state index contributed by atoms with van der Waals surface area (Å²) < 4.78 is 6.79. The zero-order chi connectivity index (χ0) is 20.6. The molecule has 0 saturated heterocycles. The molecule has 0 bridgehead atoms. The summed E-state index contributed by atoms with van der Waals surface area (Å²) in [4.78, 5) is 32.7. The van der Waals surface area contributed by atoms with Crippen LogP contribution in [0.3, 0.4) is 0 Å². The number of benzene rings is 1. The van der Waals surface area contributed by atoms with E-state index >= 15 is 0 Å². The first-order valence-corrected chi connectivity index (χ1v) is 8.86. The number of fused-ring (bicyclic) bond motifs is 1. The van der Waals surface area contributed by atoms with E-state index in [1.807, 2.05) is 13.8 Å². The summed E-state index contributed by atoms with van der Waals surface area (Å²) in [5.74, 6) is 0. The van der Waals surface area contributed by atoms with Crippen LogP contribution < -0.4 is 0 Å². The zero-order valence-corrected chi connectivity index (χ0v) is 16.5. The average molecular weight is 382 g/mol. The molecule has 3 rings (SSSR count). The Labute approximate surface area is 162 Å². The first kappa shape index (κ1) is 19.5. The maximum Gasteiger partial charge on any atom is 0.419 e. The normalized spacial score (nSPS) is 11.6. The first-order valence-electron chi connectivity index (χ1n) is 8.86. The Balaban J connectivity index is 2.20. The number of rotatable bonds is 3. The smallest absolute Gasteiger partial charge is 0.419 e. The Morgan fingerprint density at radius 1 is 1.29 bits per heavy atom. The van der Waals surface area contributed by atoms with Crippen LogP contribution in [0.2, 0.25) is 0 Å². The second-order valence-electron chi connectivity index (χ2n) is 7.65. The van der Waals surface area contributed by atoms with Gasteiger partial charge in [-0.3, -0.25) is 24.6 Å². The van der Waals surface area contributed by atoms with E-state index in [9.17, 15) is 14.9 Å². The lowest BCUT2D eigenvalue weighted by atomic mass is 10.1. The van der Waals surface area contributed by atoms with Crippen molar-refractivity contribution in [1.82, 2.24) is 14.5 Å². The van der Waals surface area contributed by atoms with Gasteiger partial charge in [0.1, 0.15) is 5.60 Å². The van der Waals surface area contributed by atoms with Crippen LogP contribution in [0.1, 0.15) is 43.4 Å². The van der Waals surface area contributed by atoms with Crippen molar-refractivity contribution < 1.29 is 14.5 Å². The predicted octanol–water partition coefficient (Wildman–Crippen LogP) is 4.33.